The summed E-state index contributed by atoms with van der Waals surface area (Å²) >= 11 is 4.79. The Kier molecular flexibility index (Phi) is 2.23. The summed E-state index contributed by atoms with van der Waals surface area (Å²) < 4.78 is 60.5. The van der Waals surface area contributed by atoms with Gasteiger partial charge >= 0.3 is 6.18 Å². The molecule has 0 amide bonds. The second kappa shape index (κ2) is 2.83. The topological polar surface area (TPSA) is 24.4 Å². The normalized spacial score (nSPS) is 29.1. The fourth-order valence-electron chi connectivity index (χ4n) is 0.645. The van der Waals surface area contributed by atoms with Gasteiger partial charge in [-0.25, -0.2) is 0 Å². The van der Waals surface area contributed by atoms with E-state index in [9.17, 15) is 22.0 Å². The SMILES string of the molecule is FC1=CC(F)(Cl)NC(C(F)(F)F)=N1. The van der Waals surface area contributed by atoms with Gasteiger partial charge in [0.15, 0.2) is 0 Å². The molecule has 0 saturated heterocycles. The highest BCUT2D eigenvalue weighted by Crippen LogP contribution is 2.27. The molecule has 74 valence electrons. The Labute approximate surface area is 74.1 Å². The maximum atomic E-state index is 12.7. The Hall–Kier alpha value is -0.850. The van der Waals surface area contributed by atoms with Gasteiger partial charge in [-0.2, -0.15) is 26.9 Å². The van der Waals surface area contributed by atoms with Gasteiger partial charge in [-0.05, 0) is 0 Å². The van der Waals surface area contributed by atoms with Crippen LogP contribution < -0.4 is 5.32 Å². The second-order valence-corrected chi connectivity index (χ2v) is 2.72. The molecular weight excluding hydrogens is 219 g/mol. The van der Waals surface area contributed by atoms with Crippen molar-refractivity contribution in [3.05, 3.63) is 12.0 Å². The van der Waals surface area contributed by atoms with Crippen LogP contribution in [0.5, 0.6) is 0 Å². The van der Waals surface area contributed by atoms with E-state index in [4.69, 9.17) is 11.6 Å². The molecule has 1 heterocycles. The summed E-state index contributed by atoms with van der Waals surface area (Å²) in [6.07, 6.45) is -4.87. The van der Waals surface area contributed by atoms with Gasteiger partial charge in [0.1, 0.15) is 0 Å². The minimum atomic E-state index is -4.96. The van der Waals surface area contributed by atoms with E-state index < -0.39 is 23.2 Å². The third kappa shape index (κ3) is 2.55. The van der Waals surface area contributed by atoms with E-state index in [1.54, 1.807) is 0 Å². The quantitative estimate of drug-likeness (QED) is 0.378. The maximum absolute atomic E-state index is 12.7. The van der Waals surface area contributed by atoms with E-state index in [1.807, 2.05) is 0 Å². The summed E-state index contributed by atoms with van der Waals surface area (Å²) in [6, 6.07) is 0. The van der Waals surface area contributed by atoms with Crippen LogP contribution in [0.3, 0.4) is 0 Å². The fraction of sp³-hybridized carbons (Fsp3) is 0.400. The predicted octanol–water partition coefficient (Wildman–Crippen LogP) is 2.22. The lowest BCUT2D eigenvalue weighted by Crippen LogP contribution is -2.47. The number of aliphatic imine (C=N–C) groups is 1. The van der Waals surface area contributed by atoms with E-state index in [1.165, 1.54) is 5.32 Å². The first kappa shape index (κ1) is 10.2. The van der Waals surface area contributed by atoms with E-state index in [0.29, 0.717) is 0 Å². The number of rotatable bonds is 0. The summed E-state index contributed by atoms with van der Waals surface area (Å²) in [5.41, 5.74) is 0. The van der Waals surface area contributed by atoms with Crippen molar-refractivity contribution in [1.29, 1.82) is 0 Å². The molecule has 1 atom stereocenters. The molecule has 0 aliphatic carbocycles. The van der Waals surface area contributed by atoms with Gasteiger partial charge in [0.05, 0.1) is 0 Å². The van der Waals surface area contributed by atoms with Crippen LogP contribution in [0.2, 0.25) is 0 Å². The summed E-state index contributed by atoms with van der Waals surface area (Å²) in [7, 11) is 0. The molecule has 0 radical (unpaired) electrons. The average molecular weight is 221 g/mol. The largest absolute Gasteiger partial charge is 0.449 e. The summed E-state index contributed by atoms with van der Waals surface area (Å²) in [6.45, 7) is 0. The predicted molar refractivity (Wildman–Crippen MR) is 35.5 cm³/mol. The van der Waals surface area contributed by atoms with E-state index in [2.05, 4.69) is 4.99 Å². The van der Waals surface area contributed by atoms with Gasteiger partial charge in [-0.15, -0.1) is 0 Å². The number of halogens is 6. The van der Waals surface area contributed by atoms with Crippen LogP contribution in [-0.2, 0) is 0 Å². The number of amidine groups is 1. The smallest absolute Gasteiger partial charge is 0.318 e. The Bertz CT molecular complexity index is 279. The highest BCUT2D eigenvalue weighted by atomic mass is 35.5. The second-order valence-electron chi connectivity index (χ2n) is 2.17. The summed E-state index contributed by atoms with van der Waals surface area (Å²) in [4.78, 5) is 2.40. The zero-order valence-electron chi connectivity index (χ0n) is 5.79. The van der Waals surface area contributed by atoms with Crippen LogP contribution in [0.1, 0.15) is 0 Å². The van der Waals surface area contributed by atoms with Crippen LogP contribution >= 0.6 is 11.6 Å². The molecule has 0 aromatic rings. The van der Waals surface area contributed by atoms with Crippen LogP contribution in [-0.4, -0.2) is 17.3 Å². The number of nitrogens with one attached hydrogen (secondary N) is 1. The molecule has 1 rings (SSSR count). The third-order valence-corrected chi connectivity index (χ3v) is 1.28. The van der Waals surface area contributed by atoms with E-state index in [0.717, 1.165) is 0 Å². The van der Waals surface area contributed by atoms with Gasteiger partial charge in [-0.3, -0.25) is 0 Å². The molecule has 0 bridgehead atoms. The van der Waals surface area contributed by atoms with Crippen molar-refractivity contribution in [1.82, 2.24) is 5.32 Å². The number of nitrogens with zero attached hydrogens (tertiary/aromatic N) is 1. The Morgan fingerprint density at radius 1 is 1.46 bits per heavy atom. The molecule has 1 aliphatic heterocycles. The van der Waals surface area contributed by atoms with Crippen molar-refractivity contribution in [2.75, 3.05) is 0 Å². The van der Waals surface area contributed by atoms with Crippen molar-refractivity contribution in [2.24, 2.45) is 4.99 Å². The third-order valence-electron chi connectivity index (χ3n) is 1.07. The lowest BCUT2D eigenvalue weighted by Gasteiger charge is -2.22. The van der Waals surface area contributed by atoms with Crippen LogP contribution in [0.15, 0.2) is 17.0 Å². The molecular formula is C5H2ClF5N2. The van der Waals surface area contributed by atoms with Gasteiger partial charge in [0.2, 0.25) is 11.8 Å². The first-order chi connectivity index (χ1) is 5.71. The van der Waals surface area contributed by atoms with Crippen LogP contribution in [0.4, 0.5) is 22.0 Å². The Morgan fingerprint density at radius 2 is 2.00 bits per heavy atom. The zero-order valence-corrected chi connectivity index (χ0v) is 6.55. The van der Waals surface area contributed by atoms with Crippen LogP contribution in [0.25, 0.3) is 0 Å². The first-order valence-electron chi connectivity index (χ1n) is 2.91. The molecule has 0 saturated carbocycles. The van der Waals surface area contributed by atoms with E-state index in [-0.39, 0.29) is 6.08 Å². The van der Waals surface area contributed by atoms with Gasteiger partial charge < -0.3 is 5.32 Å². The highest BCUT2D eigenvalue weighted by molar-refractivity contribution is 6.25. The van der Waals surface area contributed by atoms with Crippen molar-refractivity contribution < 1.29 is 22.0 Å². The van der Waals surface area contributed by atoms with E-state index >= 15 is 0 Å². The van der Waals surface area contributed by atoms with Crippen molar-refractivity contribution in [3.8, 4) is 0 Å². The Balaban J connectivity index is 2.99. The molecule has 0 aromatic carbocycles. The van der Waals surface area contributed by atoms with Crippen LogP contribution in [0, 0.1) is 0 Å². The molecule has 0 spiro atoms. The van der Waals surface area contributed by atoms with Gasteiger partial charge in [-0.1, -0.05) is 11.6 Å². The van der Waals surface area contributed by atoms with Gasteiger partial charge in [0, 0.05) is 6.08 Å². The Morgan fingerprint density at radius 3 is 2.38 bits per heavy atom. The van der Waals surface area contributed by atoms with Crippen molar-refractivity contribution in [3.63, 3.8) is 0 Å². The van der Waals surface area contributed by atoms with Gasteiger partial charge in [0.25, 0.3) is 5.25 Å². The minimum Gasteiger partial charge on any atom is -0.318 e. The number of hydrogen-bond acceptors (Lipinski definition) is 2. The lowest BCUT2D eigenvalue weighted by molar-refractivity contribution is -0.0639. The fourth-order valence-corrected chi connectivity index (χ4v) is 0.824. The monoisotopic (exact) mass is 220 g/mol. The zero-order chi connectivity index (χ0) is 10.3. The van der Waals surface area contributed by atoms with Crippen molar-refractivity contribution in [2.45, 2.75) is 11.4 Å². The molecule has 13 heavy (non-hydrogen) atoms. The maximum Gasteiger partial charge on any atom is 0.449 e. The molecule has 8 heteroatoms. The molecule has 0 aromatic heterocycles. The van der Waals surface area contributed by atoms with Crippen molar-refractivity contribution >= 4 is 17.4 Å². The number of alkyl halides is 5. The molecule has 0 fully saturated rings. The minimum absolute atomic E-state index is 0.0871. The molecule has 1 unspecified atom stereocenters. The average Bonchev–Trinajstić information content (AvgIpc) is 1.79. The standard InChI is InChI=1S/C5H2ClF5N2/c6-4(8)1-2(7)12-3(13-4)5(9,10)11/h1H,(H,12,13). The molecule has 1 N–H and O–H groups in total. The summed E-state index contributed by atoms with van der Waals surface area (Å²) in [5.74, 6) is -3.42. The number of hydrogen-bond donors (Lipinski definition) is 1. The molecule has 1 aliphatic rings. The molecule has 2 nitrogen and oxygen atoms in total. The highest BCUT2D eigenvalue weighted by Gasteiger charge is 2.43. The first-order valence-corrected chi connectivity index (χ1v) is 3.29. The lowest BCUT2D eigenvalue weighted by atomic mass is 10.4. The summed E-state index contributed by atoms with van der Waals surface area (Å²) in [5, 5.41) is -1.92.